The highest BCUT2D eigenvalue weighted by atomic mass is 32.1. The molecule has 0 unspecified atom stereocenters. The molecule has 1 heterocycles. The molecular formula is C21H19N3O6S. The lowest BCUT2D eigenvalue weighted by atomic mass is 10.1. The molecule has 0 aromatic heterocycles. The van der Waals surface area contributed by atoms with Crippen LogP contribution in [0, 0.1) is 10.1 Å². The number of nitro benzene ring substituents is 1. The number of hydrogen-bond acceptors (Lipinski definition) is 7. The average Bonchev–Trinajstić information content (AvgIpc) is 3.12. The number of benzene rings is 2. The number of esters is 1. The van der Waals surface area contributed by atoms with Crippen molar-refractivity contribution in [3.63, 3.8) is 0 Å². The lowest BCUT2D eigenvalue weighted by Gasteiger charge is -2.16. The van der Waals surface area contributed by atoms with E-state index in [0.29, 0.717) is 23.4 Å². The number of imide groups is 1. The van der Waals surface area contributed by atoms with E-state index >= 15 is 0 Å². The number of carbonyl (C=O) groups is 3. The summed E-state index contributed by atoms with van der Waals surface area (Å²) in [6.07, 6.45) is 0.792. The van der Waals surface area contributed by atoms with Crippen LogP contribution in [0.4, 0.5) is 5.69 Å². The van der Waals surface area contributed by atoms with E-state index in [9.17, 15) is 24.5 Å². The first kappa shape index (κ1) is 22.0. The zero-order chi connectivity index (χ0) is 22.4. The third-order valence-electron chi connectivity index (χ3n) is 4.69. The number of rotatable bonds is 6. The summed E-state index contributed by atoms with van der Waals surface area (Å²) in [5.41, 5.74) is 1.37. The predicted molar refractivity (Wildman–Crippen MR) is 114 cm³/mol. The highest BCUT2D eigenvalue weighted by Gasteiger charge is 2.39. The van der Waals surface area contributed by atoms with Crippen molar-refractivity contribution in [2.45, 2.75) is 25.5 Å². The molecule has 1 aliphatic rings. The predicted octanol–water partition coefficient (Wildman–Crippen LogP) is 1.93. The Hall–Kier alpha value is -3.66. The third-order valence-corrected chi connectivity index (χ3v) is 4.95. The third kappa shape index (κ3) is 5.70. The van der Waals surface area contributed by atoms with Crippen molar-refractivity contribution in [3.8, 4) is 0 Å². The summed E-state index contributed by atoms with van der Waals surface area (Å²) in [6, 6.07) is 14.2. The second-order valence-corrected chi connectivity index (χ2v) is 7.36. The van der Waals surface area contributed by atoms with Gasteiger partial charge in [-0.15, -0.1) is 0 Å². The van der Waals surface area contributed by atoms with Crippen LogP contribution in [0.5, 0.6) is 0 Å². The van der Waals surface area contributed by atoms with Gasteiger partial charge in [0.15, 0.2) is 0 Å². The first-order valence-corrected chi connectivity index (χ1v) is 9.85. The Bertz CT molecular complexity index is 1010. The minimum Gasteiger partial charge on any atom is -0.454 e. The molecule has 1 saturated heterocycles. The van der Waals surface area contributed by atoms with Crippen LogP contribution in [0.3, 0.4) is 0 Å². The van der Waals surface area contributed by atoms with Gasteiger partial charge in [0.05, 0.1) is 9.91 Å². The van der Waals surface area contributed by atoms with E-state index in [2.05, 4.69) is 5.32 Å². The van der Waals surface area contributed by atoms with Crippen LogP contribution in [0.15, 0.2) is 54.6 Å². The highest BCUT2D eigenvalue weighted by molar-refractivity contribution is 7.80. The normalized spacial score (nSPS) is 15.4. The van der Waals surface area contributed by atoms with Crippen LogP contribution in [0.2, 0.25) is 0 Å². The van der Waals surface area contributed by atoms with E-state index in [4.69, 9.17) is 17.0 Å². The van der Waals surface area contributed by atoms with Gasteiger partial charge in [0, 0.05) is 25.1 Å². The summed E-state index contributed by atoms with van der Waals surface area (Å²) in [7, 11) is 0. The number of carbonyl (C=O) groups excluding carboxylic acids is 3. The van der Waals surface area contributed by atoms with Gasteiger partial charge in [-0.05, 0) is 29.7 Å². The number of nitro groups is 1. The molecule has 0 saturated carbocycles. The number of likely N-dealkylation sites (tertiary alicyclic amines) is 1. The second kappa shape index (κ2) is 9.90. The van der Waals surface area contributed by atoms with Crippen molar-refractivity contribution in [2.24, 2.45) is 0 Å². The van der Waals surface area contributed by atoms with Crippen molar-refractivity contribution in [1.82, 2.24) is 10.2 Å². The SMILES string of the molecule is O=C(OCc1ccc([N+](=O)[O-])cc1)C(=O)N1CC[C@H](NC(=S)Cc2ccccc2)C1=O. The minimum atomic E-state index is -1.17. The lowest BCUT2D eigenvalue weighted by molar-refractivity contribution is -0.384. The highest BCUT2D eigenvalue weighted by Crippen LogP contribution is 2.15. The van der Waals surface area contributed by atoms with Gasteiger partial charge in [-0.3, -0.25) is 24.6 Å². The van der Waals surface area contributed by atoms with Gasteiger partial charge in [-0.2, -0.15) is 0 Å². The fourth-order valence-electron chi connectivity index (χ4n) is 3.08. The summed E-state index contributed by atoms with van der Waals surface area (Å²) in [5.74, 6) is -2.75. The van der Waals surface area contributed by atoms with Crippen LogP contribution in [-0.2, 0) is 32.1 Å². The number of amides is 2. The average molecular weight is 441 g/mol. The van der Waals surface area contributed by atoms with E-state index in [1.165, 1.54) is 24.3 Å². The zero-order valence-electron chi connectivity index (χ0n) is 16.4. The lowest BCUT2D eigenvalue weighted by Crippen LogP contribution is -2.45. The Balaban J connectivity index is 1.49. The summed E-state index contributed by atoms with van der Waals surface area (Å²) in [4.78, 5) is 48.4. The van der Waals surface area contributed by atoms with Gasteiger partial charge < -0.3 is 10.1 Å². The van der Waals surface area contributed by atoms with E-state index in [-0.39, 0.29) is 18.8 Å². The maximum atomic E-state index is 12.5. The van der Waals surface area contributed by atoms with Crippen molar-refractivity contribution in [3.05, 3.63) is 75.8 Å². The molecule has 1 fully saturated rings. The molecule has 0 aliphatic carbocycles. The molecule has 10 heteroatoms. The van der Waals surface area contributed by atoms with Gasteiger partial charge in [-0.1, -0.05) is 42.5 Å². The monoisotopic (exact) mass is 441 g/mol. The van der Waals surface area contributed by atoms with Gasteiger partial charge in [0.1, 0.15) is 12.6 Å². The molecule has 2 amide bonds. The fraction of sp³-hybridized carbons (Fsp3) is 0.238. The topological polar surface area (TPSA) is 119 Å². The van der Waals surface area contributed by atoms with E-state index in [0.717, 1.165) is 10.5 Å². The van der Waals surface area contributed by atoms with Crippen LogP contribution >= 0.6 is 12.2 Å². The van der Waals surface area contributed by atoms with Crippen LogP contribution in [-0.4, -0.2) is 45.2 Å². The second-order valence-electron chi connectivity index (χ2n) is 6.87. The molecule has 0 bridgehead atoms. The van der Waals surface area contributed by atoms with Crippen LogP contribution in [0.25, 0.3) is 0 Å². The summed E-state index contributed by atoms with van der Waals surface area (Å²) in [6.45, 7) is -0.163. The van der Waals surface area contributed by atoms with Crippen molar-refractivity contribution < 1.29 is 24.0 Å². The molecule has 1 N–H and O–H groups in total. The zero-order valence-corrected chi connectivity index (χ0v) is 17.2. The molecule has 2 aromatic carbocycles. The molecule has 0 spiro atoms. The molecule has 0 radical (unpaired) electrons. The largest absolute Gasteiger partial charge is 0.454 e. The number of thiocarbonyl (C=S) groups is 1. The van der Waals surface area contributed by atoms with Gasteiger partial charge in [0.25, 0.3) is 11.6 Å². The van der Waals surface area contributed by atoms with Gasteiger partial charge in [-0.25, -0.2) is 4.79 Å². The maximum absolute atomic E-state index is 12.5. The van der Waals surface area contributed by atoms with E-state index in [1.54, 1.807) is 0 Å². The summed E-state index contributed by atoms with van der Waals surface area (Å²) < 4.78 is 4.95. The molecule has 1 atom stereocenters. The van der Waals surface area contributed by atoms with Crippen LogP contribution < -0.4 is 5.32 Å². The number of non-ortho nitro benzene ring substituents is 1. The van der Waals surface area contributed by atoms with E-state index in [1.807, 2.05) is 30.3 Å². The number of ether oxygens (including phenoxy) is 1. The van der Waals surface area contributed by atoms with Crippen molar-refractivity contribution in [1.29, 1.82) is 0 Å². The summed E-state index contributed by atoms with van der Waals surface area (Å²) in [5, 5.41) is 13.6. The molecule has 31 heavy (non-hydrogen) atoms. The Morgan fingerprint density at radius 2 is 1.81 bits per heavy atom. The summed E-state index contributed by atoms with van der Waals surface area (Å²) >= 11 is 5.30. The van der Waals surface area contributed by atoms with Crippen molar-refractivity contribution in [2.75, 3.05) is 6.54 Å². The Morgan fingerprint density at radius 3 is 2.45 bits per heavy atom. The quantitative estimate of drug-likeness (QED) is 0.237. The first-order valence-electron chi connectivity index (χ1n) is 9.44. The fourth-order valence-corrected chi connectivity index (χ4v) is 3.39. The standard InChI is InChI=1S/C21H19N3O6S/c25-19-17(22-18(31)12-14-4-2-1-3-5-14)10-11-23(19)20(26)21(27)30-13-15-6-8-16(9-7-15)24(28)29/h1-9,17H,10-13H2,(H,22,31)/t17-/m0/s1. The molecule has 9 nitrogen and oxygen atoms in total. The Morgan fingerprint density at radius 1 is 1.13 bits per heavy atom. The minimum absolute atomic E-state index is 0.0793. The smallest absolute Gasteiger partial charge is 0.397 e. The van der Waals surface area contributed by atoms with Crippen molar-refractivity contribution >= 4 is 40.7 Å². The maximum Gasteiger partial charge on any atom is 0.397 e. The number of nitrogens with zero attached hydrogens (tertiary/aromatic N) is 2. The van der Waals surface area contributed by atoms with Gasteiger partial charge >= 0.3 is 11.9 Å². The van der Waals surface area contributed by atoms with E-state index < -0.39 is 28.7 Å². The van der Waals surface area contributed by atoms with Crippen LogP contribution in [0.1, 0.15) is 17.5 Å². The molecule has 3 rings (SSSR count). The first-order chi connectivity index (χ1) is 14.8. The molecule has 2 aromatic rings. The Labute approximate surface area is 183 Å². The molecule has 160 valence electrons. The Kier molecular flexibility index (Phi) is 7.03. The number of hydrogen-bond donors (Lipinski definition) is 1. The molecular weight excluding hydrogens is 422 g/mol. The molecule has 1 aliphatic heterocycles. The van der Waals surface area contributed by atoms with Gasteiger partial charge in [0.2, 0.25) is 0 Å². The number of nitrogens with one attached hydrogen (secondary N) is 1.